The summed E-state index contributed by atoms with van der Waals surface area (Å²) in [6.07, 6.45) is 4.73. The Balaban J connectivity index is 2.82. The van der Waals surface area contributed by atoms with Gasteiger partial charge in [-0.15, -0.1) is 0 Å². The Labute approximate surface area is 73.6 Å². The normalized spacial score (nSPS) is 29.8. The topological polar surface area (TPSA) is 26.3 Å². The van der Waals surface area contributed by atoms with Gasteiger partial charge < -0.3 is 4.74 Å². The van der Waals surface area contributed by atoms with Gasteiger partial charge in [-0.25, -0.2) is 0 Å². The molecule has 0 amide bonds. The standard InChI is InChI=1S/C10H16O2/c1-8-5-4-6-10(7-8,12-3)9(2)11/h5H,4,6-7H2,1-3H3. The maximum absolute atomic E-state index is 11.3. The molecule has 0 fully saturated rings. The van der Waals surface area contributed by atoms with Crippen LogP contribution in [0.1, 0.15) is 33.1 Å². The molecule has 2 nitrogen and oxygen atoms in total. The highest BCUT2D eigenvalue weighted by Crippen LogP contribution is 2.31. The molecule has 1 aliphatic rings. The van der Waals surface area contributed by atoms with Crippen molar-refractivity contribution in [1.82, 2.24) is 0 Å². The lowest BCUT2D eigenvalue weighted by Crippen LogP contribution is -2.40. The molecule has 0 saturated heterocycles. The number of hydrogen-bond acceptors (Lipinski definition) is 2. The second kappa shape index (κ2) is 3.40. The van der Waals surface area contributed by atoms with Gasteiger partial charge in [-0.3, -0.25) is 4.79 Å². The fourth-order valence-electron chi connectivity index (χ4n) is 1.78. The first-order chi connectivity index (χ1) is 5.60. The third-order valence-electron chi connectivity index (χ3n) is 2.64. The fraction of sp³-hybridized carbons (Fsp3) is 0.700. The first kappa shape index (κ1) is 9.46. The summed E-state index contributed by atoms with van der Waals surface area (Å²) in [6, 6.07) is 0. The molecule has 1 aliphatic carbocycles. The van der Waals surface area contributed by atoms with E-state index in [1.54, 1.807) is 14.0 Å². The summed E-state index contributed by atoms with van der Waals surface area (Å²) in [5.41, 5.74) is 0.747. The summed E-state index contributed by atoms with van der Waals surface area (Å²) >= 11 is 0. The van der Waals surface area contributed by atoms with Gasteiger partial charge in [0.2, 0.25) is 0 Å². The maximum atomic E-state index is 11.3. The van der Waals surface area contributed by atoms with E-state index < -0.39 is 5.60 Å². The number of ketones is 1. The summed E-state index contributed by atoms with van der Waals surface area (Å²) in [6.45, 7) is 3.66. The van der Waals surface area contributed by atoms with Crippen molar-refractivity contribution >= 4 is 5.78 Å². The fourth-order valence-corrected chi connectivity index (χ4v) is 1.78. The molecule has 12 heavy (non-hydrogen) atoms. The van der Waals surface area contributed by atoms with Gasteiger partial charge in [0.25, 0.3) is 0 Å². The molecule has 0 heterocycles. The van der Waals surface area contributed by atoms with Crippen LogP contribution in [0.2, 0.25) is 0 Å². The highest BCUT2D eigenvalue weighted by Gasteiger charge is 2.36. The number of ether oxygens (including phenoxy) is 1. The minimum Gasteiger partial charge on any atom is -0.370 e. The SMILES string of the molecule is COC1(C(C)=O)CCC=C(C)C1. The molecular formula is C10H16O2. The number of methoxy groups -OCH3 is 1. The number of allylic oxidation sites excluding steroid dienone is 1. The van der Waals surface area contributed by atoms with Crippen molar-refractivity contribution in [3.63, 3.8) is 0 Å². The molecule has 0 spiro atoms. The molecule has 1 rings (SSSR count). The second-order valence-electron chi connectivity index (χ2n) is 3.52. The molecule has 2 heteroatoms. The lowest BCUT2D eigenvalue weighted by Gasteiger charge is -2.32. The van der Waals surface area contributed by atoms with Crippen molar-refractivity contribution in [3.8, 4) is 0 Å². The lowest BCUT2D eigenvalue weighted by atomic mass is 9.82. The van der Waals surface area contributed by atoms with E-state index in [1.165, 1.54) is 5.57 Å². The van der Waals surface area contributed by atoms with Crippen LogP contribution in [0.3, 0.4) is 0 Å². The summed E-state index contributed by atoms with van der Waals surface area (Å²) in [5, 5.41) is 0. The maximum Gasteiger partial charge on any atom is 0.161 e. The molecule has 0 aromatic carbocycles. The van der Waals surface area contributed by atoms with E-state index in [0.29, 0.717) is 0 Å². The number of hydrogen-bond donors (Lipinski definition) is 0. The van der Waals surface area contributed by atoms with Crippen molar-refractivity contribution in [1.29, 1.82) is 0 Å². The Hall–Kier alpha value is -0.630. The molecule has 0 aromatic heterocycles. The van der Waals surface area contributed by atoms with E-state index in [0.717, 1.165) is 19.3 Å². The van der Waals surface area contributed by atoms with Crippen LogP contribution in [-0.2, 0) is 9.53 Å². The van der Waals surface area contributed by atoms with Gasteiger partial charge in [0.15, 0.2) is 5.78 Å². The molecule has 1 atom stereocenters. The quantitative estimate of drug-likeness (QED) is 0.590. The van der Waals surface area contributed by atoms with E-state index in [9.17, 15) is 4.79 Å². The van der Waals surface area contributed by atoms with E-state index in [1.807, 2.05) is 0 Å². The summed E-state index contributed by atoms with van der Waals surface area (Å²) in [5.74, 6) is 0.150. The van der Waals surface area contributed by atoms with Crippen LogP contribution in [-0.4, -0.2) is 18.5 Å². The van der Waals surface area contributed by atoms with E-state index >= 15 is 0 Å². The summed E-state index contributed by atoms with van der Waals surface area (Å²) in [7, 11) is 1.62. The van der Waals surface area contributed by atoms with Crippen LogP contribution >= 0.6 is 0 Å². The third-order valence-corrected chi connectivity index (χ3v) is 2.64. The van der Waals surface area contributed by atoms with Gasteiger partial charge in [-0.05, 0) is 26.7 Å². The number of rotatable bonds is 2. The number of Topliss-reactive ketones (excluding diaryl/α,β-unsaturated/α-hetero) is 1. The Morgan fingerprint density at radius 2 is 2.33 bits per heavy atom. The lowest BCUT2D eigenvalue weighted by molar-refractivity contribution is -0.140. The van der Waals surface area contributed by atoms with Crippen molar-refractivity contribution in [2.75, 3.05) is 7.11 Å². The number of carbonyl (C=O) groups excluding carboxylic acids is 1. The number of carbonyl (C=O) groups is 1. The smallest absolute Gasteiger partial charge is 0.161 e. The molecule has 1 unspecified atom stereocenters. The Kier molecular flexibility index (Phi) is 2.68. The molecule has 0 N–H and O–H groups in total. The zero-order valence-electron chi connectivity index (χ0n) is 8.02. The molecule has 0 saturated carbocycles. The minimum absolute atomic E-state index is 0.150. The first-order valence-corrected chi connectivity index (χ1v) is 4.32. The van der Waals surface area contributed by atoms with E-state index in [-0.39, 0.29) is 5.78 Å². The van der Waals surface area contributed by atoms with Crippen LogP contribution in [0.15, 0.2) is 11.6 Å². The minimum atomic E-state index is -0.515. The van der Waals surface area contributed by atoms with Crippen molar-refractivity contribution in [2.45, 2.75) is 38.7 Å². The Morgan fingerprint density at radius 3 is 2.67 bits per heavy atom. The van der Waals surface area contributed by atoms with Crippen LogP contribution in [0, 0.1) is 0 Å². The van der Waals surface area contributed by atoms with Crippen LogP contribution in [0.5, 0.6) is 0 Å². The molecule has 68 valence electrons. The first-order valence-electron chi connectivity index (χ1n) is 4.32. The van der Waals surface area contributed by atoms with Crippen molar-refractivity contribution in [3.05, 3.63) is 11.6 Å². The molecular weight excluding hydrogens is 152 g/mol. The highest BCUT2D eigenvalue weighted by atomic mass is 16.5. The predicted octanol–water partition coefficient (Wildman–Crippen LogP) is 2.09. The molecule has 0 bridgehead atoms. The average Bonchev–Trinajstić information content (AvgIpc) is 2.04. The van der Waals surface area contributed by atoms with Gasteiger partial charge in [0.05, 0.1) is 0 Å². The van der Waals surface area contributed by atoms with Gasteiger partial charge in [-0.1, -0.05) is 11.6 Å². The molecule has 0 aliphatic heterocycles. The average molecular weight is 168 g/mol. The molecule has 0 aromatic rings. The Bertz CT molecular complexity index is 218. The molecule has 0 radical (unpaired) electrons. The van der Waals surface area contributed by atoms with Crippen molar-refractivity contribution in [2.24, 2.45) is 0 Å². The van der Waals surface area contributed by atoms with Gasteiger partial charge in [0, 0.05) is 13.5 Å². The zero-order chi connectivity index (χ0) is 9.19. The zero-order valence-corrected chi connectivity index (χ0v) is 8.02. The van der Waals surface area contributed by atoms with Crippen LogP contribution in [0.25, 0.3) is 0 Å². The van der Waals surface area contributed by atoms with Crippen molar-refractivity contribution < 1.29 is 9.53 Å². The predicted molar refractivity (Wildman–Crippen MR) is 48.0 cm³/mol. The van der Waals surface area contributed by atoms with Gasteiger partial charge >= 0.3 is 0 Å². The van der Waals surface area contributed by atoms with E-state index in [4.69, 9.17) is 4.74 Å². The third kappa shape index (κ3) is 1.58. The van der Waals surface area contributed by atoms with Crippen LogP contribution < -0.4 is 0 Å². The summed E-state index contributed by atoms with van der Waals surface area (Å²) in [4.78, 5) is 11.3. The second-order valence-corrected chi connectivity index (χ2v) is 3.52. The largest absolute Gasteiger partial charge is 0.370 e. The highest BCUT2D eigenvalue weighted by molar-refractivity contribution is 5.85. The van der Waals surface area contributed by atoms with Crippen LogP contribution in [0.4, 0.5) is 0 Å². The summed E-state index contributed by atoms with van der Waals surface area (Å²) < 4.78 is 5.32. The Morgan fingerprint density at radius 1 is 1.67 bits per heavy atom. The van der Waals surface area contributed by atoms with Gasteiger partial charge in [-0.2, -0.15) is 0 Å². The monoisotopic (exact) mass is 168 g/mol. The van der Waals surface area contributed by atoms with E-state index in [2.05, 4.69) is 13.0 Å². The van der Waals surface area contributed by atoms with Gasteiger partial charge in [0.1, 0.15) is 5.60 Å².